The first-order chi connectivity index (χ1) is 9.95. The van der Waals surface area contributed by atoms with Crippen LogP contribution in [0.4, 0.5) is 13.2 Å². The quantitative estimate of drug-likeness (QED) is 0.749. The molecule has 0 amide bonds. The number of H-pyrrole nitrogens is 1. The Hall–Kier alpha value is -2.70. The highest BCUT2D eigenvalue weighted by atomic mass is 19.4. The van der Waals surface area contributed by atoms with Gasteiger partial charge in [-0.05, 0) is 24.3 Å². The van der Waals surface area contributed by atoms with Crippen LogP contribution in [0.1, 0.15) is 5.56 Å². The van der Waals surface area contributed by atoms with Crippen LogP contribution in [0, 0.1) is 0 Å². The fourth-order valence-corrected chi connectivity index (χ4v) is 2.06. The summed E-state index contributed by atoms with van der Waals surface area (Å²) in [6, 6.07) is 6.50. The number of nitrogens with one attached hydrogen (secondary N) is 1. The van der Waals surface area contributed by atoms with E-state index in [0.717, 1.165) is 12.1 Å². The van der Waals surface area contributed by atoms with Crippen molar-refractivity contribution in [2.24, 2.45) is 0 Å². The second-order valence-electron chi connectivity index (χ2n) is 4.39. The number of aromatic amines is 1. The van der Waals surface area contributed by atoms with Gasteiger partial charge in [-0.3, -0.25) is 4.98 Å². The molecule has 0 spiro atoms. The van der Waals surface area contributed by atoms with Crippen LogP contribution in [-0.2, 0) is 6.18 Å². The Morgan fingerprint density at radius 2 is 1.95 bits per heavy atom. The topological polar surface area (TPSA) is 58.6 Å². The van der Waals surface area contributed by atoms with E-state index in [9.17, 15) is 18.0 Å². The van der Waals surface area contributed by atoms with E-state index in [1.165, 1.54) is 12.3 Å². The number of rotatable bonds is 1. The maximum absolute atomic E-state index is 12.7. The molecule has 2 heterocycles. The molecule has 0 radical (unpaired) electrons. The molecule has 0 atom stereocenters. The van der Waals surface area contributed by atoms with Crippen molar-refractivity contribution in [1.82, 2.24) is 15.0 Å². The number of alkyl halides is 3. The lowest BCUT2D eigenvalue weighted by Gasteiger charge is -2.09. The molecule has 3 rings (SSSR count). The van der Waals surface area contributed by atoms with Gasteiger partial charge in [-0.25, -0.2) is 4.79 Å². The van der Waals surface area contributed by atoms with Crippen LogP contribution in [-0.4, -0.2) is 15.0 Å². The largest absolute Gasteiger partial charge is 0.416 e. The smallest absolute Gasteiger partial charge is 0.305 e. The van der Waals surface area contributed by atoms with Crippen LogP contribution < -0.4 is 5.69 Å². The summed E-state index contributed by atoms with van der Waals surface area (Å²) in [5.74, 6) is 0. The second-order valence-corrected chi connectivity index (χ2v) is 4.39. The van der Waals surface area contributed by atoms with Gasteiger partial charge in [0.1, 0.15) is 0 Å². The molecule has 1 N–H and O–H groups in total. The number of benzene rings is 1. The zero-order chi connectivity index (χ0) is 15.0. The van der Waals surface area contributed by atoms with Gasteiger partial charge in [-0.15, -0.1) is 0 Å². The fraction of sp³-hybridized carbons (Fsp3) is 0.0714. The number of nitrogens with zero attached hydrogens (tertiary/aromatic N) is 2. The summed E-state index contributed by atoms with van der Waals surface area (Å²) in [6.07, 6.45) is -1.41. The molecule has 0 saturated carbocycles. The van der Waals surface area contributed by atoms with Gasteiger partial charge in [0, 0.05) is 23.3 Å². The zero-order valence-electron chi connectivity index (χ0n) is 10.5. The van der Waals surface area contributed by atoms with E-state index >= 15 is 0 Å². The normalized spacial score (nSPS) is 11.8. The molecule has 0 unspecified atom stereocenters. The molecule has 3 aromatic rings. The average molecular weight is 291 g/mol. The molecule has 7 heteroatoms. The fourth-order valence-electron chi connectivity index (χ4n) is 2.06. The van der Waals surface area contributed by atoms with E-state index in [4.69, 9.17) is 0 Å². The van der Waals surface area contributed by atoms with Gasteiger partial charge in [0.2, 0.25) is 0 Å². The molecule has 21 heavy (non-hydrogen) atoms. The molecular formula is C14H8F3N3O. The molecule has 0 aliphatic heterocycles. The third-order valence-corrected chi connectivity index (χ3v) is 2.99. The van der Waals surface area contributed by atoms with E-state index < -0.39 is 17.4 Å². The van der Waals surface area contributed by atoms with Crippen LogP contribution in [0.3, 0.4) is 0 Å². The highest BCUT2D eigenvalue weighted by Gasteiger charge is 2.30. The van der Waals surface area contributed by atoms with Crippen molar-refractivity contribution in [3.8, 4) is 11.3 Å². The SMILES string of the molecule is O=c1nc(-c2cccnc2)c2ccc(C(F)(F)F)cc2[nH]1. The van der Waals surface area contributed by atoms with E-state index in [2.05, 4.69) is 15.0 Å². The van der Waals surface area contributed by atoms with Crippen molar-refractivity contribution in [2.45, 2.75) is 6.18 Å². The summed E-state index contributed by atoms with van der Waals surface area (Å²) >= 11 is 0. The Morgan fingerprint density at radius 1 is 1.14 bits per heavy atom. The minimum absolute atomic E-state index is 0.0867. The molecule has 0 bridgehead atoms. The summed E-state index contributed by atoms with van der Waals surface area (Å²) in [6.45, 7) is 0. The van der Waals surface area contributed by atoms with Crippen LogP contribution in [0.15, 0.2) is 47.5 Å². The molecule has 0 fully saturated rings. The zero-order valence-corrected chi connectivity index (χ0v) is 10.5. The summed E-state index contributed by atoms with van der Waals surface area (Å²) < 4.78 is 38.2. The number of aromatic nitrogens is 3. The predicted octanol–water partition coefficient (Wildman–Crippen LogP) is 3.00. The van der Waals surface area contributed by atoms with Crippen molar-refractivity contribution in [2.75, 3.05) is 0 Å². The number of hydrogen-bond acceptors (Lipinski definition) is 3. The number of fused-ring (bicyclic) bond motifs is 1. The lowest BCUT2D eigenvalue weighted by atomic mass is 10.1. The molecule has 106 valence electrons. The third kappa shape index (κ3) is 2.49. The Morgan fingerprint density at radius 3 is 2.62 bits per heavy atom. The molecule has 1 aromatic carbocycles. The van der Waals surface area contributed by atoms with E-state index in [1.807, 2.05) is 0 Å². The first kappa shape index (κ1) is 13.3. The van der Waals surface area contributed by atoms with Crippen LogP contribution in [0.25, 0.3) is 22.2 Å². The first-order valence-electron chi connectivity index (χ1n) is 5.97. The van der Waals surface area contributed by atoms with Gasteiger partial charge in [-0.2, -0.15) is 18.2 Å². The van der Waals surface area contributed by atoms with Gasteiger partial charge >= 0.3 is 11.9 Å². The van der Waals surface area contributed by atoms with E-state index in [0.29, 0.717) is 16.6 Å². The summed E-state index contributed by atoms with van der Waals surface area (Å²) in [5.41, 5.74) is -0.581. The Kier molecular flexibility index (Phi) is 2.97. The van der Waals surface area contributed by atoms with Crippen molar-refractivity contribution >= 4 is 10.9 Å². The monoisotopic (exact) mass is 291 g/mol. The summed E-state index contributed by atoms with van der Waals surface area (Å²) in [5, 5.41) is 0.426. The molecular weight excluding hydrogens is 283 g/mol. The minimum Gasteiger partial charge on any atom is -0.305 e. The lowest BCUT2D eigenvalue weighted by molar-refractivity contribution is -0.137. The molecule has 2 aromatic heterocycles. The molecule has 0 aliphatic rings. The van der Waals surface area contributed by atoms with Crippen LogP contribution in [0.2, 0.25) is 0 Å². The van der Waals surface area contributed by atoms with E-state index in [1.54, 1.807) is 18.3 Å². The van der Waals surface area contributed by atoms with Gasteiger partial charge < -0.3 is 4.98 Å². The van der Waals surface area contributed by atoms with Gasteiger partial charge in [0.15, 0.2) is 0 Å². The number of hydrogen-bond donors (Lipinski definition) is 1. The highest BCUT2D eigenvalue weighted by Crippen LogP contribution is 2.32. The Labute approximate surface area is 116 Å². The Bertz CT molecular complexity index is 857. The summed E-state index contributed by atoms with van der Waals surface area (Å²) in [7, 11) is 0. The molecule has 4 nitrogen and oxygen atoms in total. The predicted molar refractivity (Wildman–Crippen MR) is 70.6 cm³/mol. The maximum atomic E-state index is 12.7. The van der Waals surface area contributed by atoms with Crippen molar-refractivity contribution in [1.29, 1.82) is 0 Å². The van der Waals surface area contributed by atoms with Crippen molar-refractivity contribution < 1.29 is 13.2 Å². The summed E-state index contributed by atoms with van der Waals surface area (Å²) in [4.78, 5) is 21.6. The number of pyridine rings is 1. The minimum atomic E-state index is -4.47. The highest BCUT2D eigenvalue weighted by molar-refractivity contribution is 5.92. The second kappa shape index (κ2) is 4.69. The average Bonchev–Trinajstić information content (AvgIpc) is 2.45. The molecule has 0 aliphatic carbocycles. The Balaban J connectivity index is 2.30. The third-order valence-electron chi connectivity index (χ3n) is 2.99. The maximum Gasteiger partial charge on any atom is 0.416 e. The van der Waals surface area contributed by atoms with Crippen molar-refractivity contribution in [3.63, 3.8) is 0 Å². The first-order valence-corrected chi connectivity index (χ1v) is 5.97. The van der Waals surface area contributed by atoms with Crippen LogP contribution >= 0.6 is 0 Å². The lowest BCUT2D eigenvalue weighted by Crippen LogP contribution is -2.12. The standard InChI is InChI=1S/C14H8F3N3O/c15-14(16,17)9-3-4-10-11(6-9)19-13(21)20-12(10)8-2-1-5-18-7-8/h1-7H,(H,19,20,21). The van der Waals surface area contributed by atoms with Crippen LogP contribution in [0.5, 0.6) is 0 Å². The number of halogens is 3. The van der Waals surface area contributed by atoms with Gasteiger partial charge in [-0.1, -0.05) is 6.07 Å². The van der Waals surface area contributed by atoms with Crippen molar-refractivity contribution in [3.05, 3.63) is 58.8 Å². The van der Waals surface area contributed by atoms with Gasteiger partial charge in [0.05, 0.1) is 16.8 Å². The van der Waals surface area contributed by atoms with Gasteiger partial charge in [0.25, 0.3) is 0 Å². The van der Waals surface area contributed by atoms with E-state index in [-0.39, 0.29) is 5.52 Å². The molecule has 0 saturated heterocycles.